The molecular formula is C13H18. The highest BCUT2D eigenvalue weighted by molar-refractivity contribution is 5.11. The van der Waals surface area contributed by atoms with Crippen LogP contribution in [0, 0.1) is 0 Å². The fraction of sp³-hybridized carbons (Fsp3) is 0.385. The summed E-state index contributed by atoms with van der Waals surface area (Å²) < 4.78 is 0. The first-order chi connectivity index (χ1) is 6.50. The molecule has 0 aromatic heterocycles. The van der Waals surface area contributed by atoms with Crippen LogP contribution in [0.2, 0.25) is 0 Å². The van der Waals surface area contributed by atoms with Crippen LogP contribution in [0.15, 0.2) is 48.6 Å². The molecule has 0 aromatic rings. The van der Waals surface area contributed by atoms with Crippen molar-refractivity contribution in [3.63, 3.8) is 0 Å². The molecule has 0 bridgehead atoms. The van der Waals surface area contributed by atoms with Crippen LogP contribution < -0.4 is 0 Å². The van der Waals surface area contributed by atoms with Crippen molar-refractivity contribution in [1.82, 2.24) is 0 Å². The lowest BCUT2D eigenvalue weighted by molar-refractivity contribution is 0.863. The Morgan fingerprint density at radius 2 is 1.00 bits per heavy atom. The first-order valence-corrected chi connectivity index (χ1v) is 5.13. The molecule has 0 heteroatoms. The van der Waals surface area contributed by atoms with Crippen molar-refractivity contribution in [1.29, 1.82) is 0 Å². The van der Waals surface area contributed by atoms with Gasteiger partial charge in [-0.15, -0.1) is 0 Å². The summed E-state index contributed by atoms with van der Waals surface area (Å²) in [5.41, 5.74) is 0. The van der Waals surface area contributed by atoms with E-state index < -0.39 is 0 Å². The molecule has 0 aliphatic heterocycles. The molecule has 0 aromatic carbocycles. The minimum absolute atomic E-state index is 1.16. The van der Waals surface area contributed by atoms with Crippen molar-refractivity contribution >= 4 is 0 Å². The zero-order valence-corrected chi connectivity index (χ0v) is 8.15. The Bertz CT molecular complexity index is 216. The highest BCUT2D eigenvalue weighted by atomic mass is 13.9. The van der Waals surface area contributed by atoms with Gasteiger partial charge in [0.05, 0.1) is 0 Å². The van der Waals surface area contributed by atoms with E-state index in [1.165, 1.54) is 25.7 Å². The van der Waals surface area contributed by atoms with E-state index in [0.29, 0.717) is 0 Å². The van der Waals surface area contributed by atoms with E-state index in [0.717, 1.165) is 6.42 Å². The van der Waals surface area contributed by atoms with Crippen molar-refractivity contribution in [3.05, 3.63) is 48.6 Å². The van der Waals surface area contributed by atoms with Gasteiger partial charge in [0.25, 0.3) is 0 Å². The van der Waals surface area contributed by atoms with Crippen molar-refractivity contribution in [2.75, 3.05) is 0 Å². The quantitative estimate of drug-likeness (QED) is 0.483. The van der Waals surface area contributed by atoms with Gasteiger partial charge in [-0.2, -0.15) is 0 Å². The van der Waals surface area contributed by atoms with E-state index in [2.05, 4.69) is 48.6 Å². The maximum absolute atomic E-state index is 2.30. The number of hydrogen-bond donors (Lipinski definition) is 0. The SMILES string of the molecule is C1=CC=CCCCC=CCCC=C1. The van der Waals surface area contributed by atoms with Crippen molar-refractivity contribution < 1.29 is 0 Å². The molecule has 0 fully saturated rings. The topological polar surface area (TPSA) is 0 Å². The molecule has 0 spiro atoms. The molecule has 70 valence electrons. The van der Waals surface area contributed by atoms with Gasteiger partial charge in [0.2, 0.25) is 0 Å². The standard InChI is InChI=1S/C13H18/c1-2-4-6-8-10-12-13-11-9-7-5-3-1/h1-6,11,13H,7-10,12H2. The molecule has 1 aliphatic carbocycles. The Kier molecular flexibility index (Phi) is 5.87. The normalized spacial score (nSPS) is 19.1. The first kappa shape index (κ1) is 10.0. The van der Waals surface area contributed by atoms with Crippen LogP contribution in [0.5, 0.6) is 0 Å². The molecule has 13 heavy (non-hydrogen) atoms. The largest absolute Gasteiger partial charge is 0.0885 e. The molecule has 0 amide bonds. The van der Waals surface area contributed by atoms with Gasteiger partial charge < -0.3 is 0 Å². The predicted octanol–water partition coefficient (Wildman–Crippen LogP) is 4.18. The zero-order valence-electron chi connectivity index (χ0n) is 8.15. The van der Waals surface area contributed by atoms with Crippen LogP contribution in [-0.2, 0) is 0 Å². The van der Waals surface area contributed by atoms with Crippen molar-refractivity contribution in [3.8, 4) is 0 Å². The van der Waals surface area contributed by atoms with Gasteiger partial charge >= 0.3 is 0 Å². The number of allylic oxidation sites excluding steroid dienone is 8. The second kappa shape index (κ2) is 7.60. The molecule has 1 rings (SSSR count). The van der Waals surface area contributed by atoms with E-state index >= 15 is 0 Å². The molecule has 0 heterocycles. The number of rotatable bonds is 0. The van der Waals surface area contributed by atoms with Crippen LogP contribution in [0.3, 0.4) is 0 Å². The van der Waals surface area contributed by atoms with E-state index in [1.54, 1.807) is 0 Å². The Morgan fingerprint density at radius 3 is 1.85 bits per heavy atom. The molecule has 0 N–H and O–H groups in total. The maximum atomic E-state index is 2.30. The van der Waals surface area contributed by atoms with Gasteiger partial charge in [0, 0.05) is 0 Å². The molecule has 1 aliphatic rings. The summed E-state index contributed by atoms with van der Waals surface area (Å²) >= 11 is 0. The Balaban J connectivity index is 2.38. The lowest BCUT2D eigenvalue weighted by Crippen LogP contribution is -1.69. The molecule has 0 atom stereocenters. The molecule has 0 unspecified atom stereocenters. The summed E-state index contributed by atoms with van der Waals surface area (Å²) in [7, 11) is 0. The van der Waals surface area contributed by atoms with E-state index in [1.807, 2.05) is 0 Å². The molecule has 0 saturated carbocycles. The third kappa shape index (κ3) is 6.15. The zero-order chi connectivity index (χ0) is 9.19. The van der Waals surface area contributed by atoms with Gasteiger partial charge in [-0.25, -0.2) is 0 Å². The average molecular weight is 174 g/mol. The molecule has 0 saturated heterocycles. The Morgan fingerprint density at radius 1 is 0.462 bits per heavy atom. The first-order valence-electron chi connectivity index (χ1n) is 5.13. The maximum Gasteiger partial charge on any atom is -0.0313 e. The molecular weight excluding hydrogens is 156 g/mol. The summed E-state index contributed by atoms with van der Waals surface area (Å²) in [4.78, 5) is 0. The molecule has 0 nitrogen and oxygen atoms in total. The summed E-state index contributed by atoms with van der Waals surface area (Å²) in [5.74, 6) is 0. The highest BCUT2D eigenvalue weighted by Gasteiger charge is 1.81. The number of hydrogen-bond acceptors (Lipinski definition) is 0. The van der Waals surface area contributed by atoms with E-state index in [-0.39, 0.29) is 0 Å². The minimum Gasteiger partial charge on any atom is -0.0885 e. The monoisotopic (exact) mass is 174 g/mol. The highest BCUT2D eigenvalue weighted by Crippen LogP contribution is 2.01. The Hall–Kier alpha value is -1.04. The summed E-state index contributed by atoms with van der Waals surface area (Å²) in [6.07, 6.45) is 23.5. The van der Waals surface area contributed by atoms with Crippen molar-refractivity contribution in [2.24, 2.45) is 0 Å². The summed E-state index contributed by atoms with van der Waals surface area (Å²) in [5, 5.41) is 0. The third-order valence-electron chi connectivity index (χ3n) is 2.01. The van der Waals surface area contributed by atoms with Gasteiger partial charge in [-0.1, -0.05) is 48.6 Å². The summed E-state index contributed by atoms with van der Waals surface area (Å²) in [6, 6.07) is 0. The van der Waals surface area contributed by atoms with Gasteiger partial charge in [-0.3, -0.25) is 0 Å². The second-order valence-corrected chi connectivity index (χ2v) is 3.22. The van der Waals surface area contributed by atoms with Gasteiger partial charge in [0.1, 0.15) is 0 Å². The van der Waals surface area contributed by atoms with Crippen LogP contribution in [0.25, 0.3) is 0 Å². The van der Waals surface area contributed by atoms with Gasteiger partial charge in [-0.05, 0) is 32.1 Å². The fourth-order valence-electron chi connectivity index (χ4n) is 1.26. The van der Waals surface area contributed by atoms with Crippen LogP contribution in [0.1, 0.15) is 32.1 Å². The minimum atomic E-state index is 1.16. The van der Waals surface area contributed by atoms with E-state index in [4.69, 9.17) is 0 Å². The second-order valence-electron chi connectivity index (χ2n) is 3.22. The van der Waals surface area contributed by atoms with Crippen LogP contribution >= 0.6 is 0 Å². The van der Waals surface area contributed by atoms with Gasteiger partial charge in [0.15, 0.2) is 0 Å². The van der Waals surface area contributed by atoms with Crippen LogP contribution in [0.4, 0.5) is 0 Å². The van der Waals surface area contributed by atoms with E-state index in [9.17, 15) is 0 Å². The summed E-state index contributed by atoms with van der Waals surface area (Å²) in [6.45, 7) is 0. The predicted molar refractivity (Wildman–Crippen MR) is 59.6 cm³/mol. The average Bonchev–Trinajstić information content (AvgIpc) is 2.18. The third-order valence-corrected chi connectivity index (χ3v) is 2.01. The molecule has 0 radical (unpaired) electrons. The van der Waals surface area contributed by atoms with Crippen molar-refractivity contribution in [2.45, 2.75) is 32.1 Å². The fourth-order valence-corrected chi connectivity index (χ4v) is 1.26. The van der Waals surface area contributed by atoms with Crippen LogP contribution in [-0.4, -0.2) is 0 Å². The lowest BCUT2D eigenvalue weighted by atomic mass is 10.2. The smallest absolute Gasteiger partial charge is 0.0313 e. The lowest BCUT2D eigenvalue weighted by Gasteiger charge is -1.89. The Labute approximate surface area is 81.4 Å².